The van der Waals surface area contributed by atoms with E-state index in [1.807, 2.05) is 13.8 Å². The fraction of sp³-hybridized carbons (Fsp3) is 0.158. The molecule has 2 aromatic carbocycles. The summed E-state index contributed by atoms with van der Waals surface area (Å²) in [6.45, 7) is 3.96. The van der Waals surface area contributed by atoms with Crippen LogP contribution in [0.1, 0.15) is 27.3 Å². The van der Waals surface area contributed by atoms with Gasteiger partial charge in [-0.05, 0) is 44.2 Å². The van der Waals surface area contributed by atoms with Gasteiger partial charge in [0.2, 0.25) is 0 Å². The molecule has 1 amide bonds. The first-order valence-electron chi connectivity index (χ1n) is 7.80. The third-order valence-electron chi connectivity index (χ3n) is 4.00. The van der Waals surface area contributed by atoms with E-state index in [1.54, 1.807) is 47.1 Å². The SMILES string of the molecule is Cc1nn(Cc2ccccc2F)c(C)c1NC(=O)c1ccc(Cl)cc1. The van der Waals surface area contributed by atoms with Gasteiger partial charge in [-0.1, -0.05) is 29.8 Å². The monoisotopic (exact) mass is 357 g/mol. The molecule has 0 radical (unpaired) electrons. The van der Waals surface area contributed by atoms with E-state index in [0.717, 1.165) is 5.69 Å². The topological polar surface area (TPSA) is 46.9 Å². The largest absolute Gasteiger partial charge is 0.319 e. The van der Waals surface area contributed by atoms with Crippen molar-refractivity contribution in [1.29, 1.82) is 0 Å². The summed E-state index contributed by atoms with van der Waals surface area (Å²) in [6.07, 6.45) is 0. The second-order valence-electron chi connectivity index (χ2n) is 5.76. The molecule has 4 nitrogen and oxygen atoms in total. The van der Waals surface area contributed by atoms with Crippen LogP contribution in [0.4, 0.5) is 10.1 Å². The van der Waals surface area contributed by atoms with Gasteiger partial charge in [-0.15, -0.1) is 0 Å². The molecule has 3 aromatic rings. The number of nitrogens with zero attached hydrogens (tertiary/aromatic N) is 2. The standard InChI is InChI=1S/C19H17ClFN3O/c1-12-18(22-19(25)14-7-9-16(20)10-8-14)13(2)24(23-12)11-15-5-3-4-6-17(15)21/h3-10H,11H2,1-2H3,(H,22,25). The summed E-state index contributed by atoms with van der Waals surface area (Å²) in [5, 5.41) is 7.87. The lowest BCUT2D eigenvalue weighted by molar-refractivity contribution is 0.102. The Morgan fingerprint density at radius 3 is 2.52 bits per heavy atom. The van der Waals surface area contributed by atoms with E-state index in [0.29, 0.717) is 34.1 Å². The quantitative estimate of drug-likeness (QED) is 0.742. The van der Waals surface area contributed by atoms with Gasteiger partial charge in [0.05, 0.1) is 23.6 Å². The minimum Gasteiger partial charge on any atom is -0.319 e. The van der Waals surface area contributed by atoms with Crippen LogP contribution in [0.15, 0.2) is 48.5 Å². The number of aryl methyl sites for hydroxylation is 1. The van der Waals surface area contributed by atoms with Crippen molar-refractivity contribution >= 4 is 23.2 Å². The van der Waals surface area contributed by atoms with Crippen molar-refractivity contribution in [2.75, 3.05) is 5.32 Å². The lowest BCUT2D eigenvalue weighted by Crippen LogP contribution is -2.13. The molecule has 128 valence electrons. The Hall–Kier alpha value is -2.66. The second kappa shape index (κ2) is 7.07. The van der Waals surface area contributed by atoms with Gasteiger partial charge in [-0.2, -0.15) is 5.10 Å². The average Bonchev–Trinajstić information content (AvgIpc) is 2.85. The number of amides is 1. The number of carbonyl (C=O) groups is 1. The zero-order valence-corrected chi connectivity index (χ0v) is 14.6. The maximum Gasteiger partial charge on any atom is 0.255 e. The molecule has 0 bridgehead atoms. The Morgan fingerprint density at radius 1 is 1.16 bits per heavy atom. The zero-order chi connectivity index (χ0) is 18.0. The van der Waals surface area contributed by atoms with E-state index in [2.05, 4.69) is 10.4 Å². The van der Waals surface area contributed by atoms with Crippen LogP contribution in [-0.2, 0) is 6.54 Å². The van der Waals surface area contributed by atoms with Gasteiger partial charge < -0.3 is 5.32 Å². The molecule has 6 heteroatoms. The van der Waals surface area contributed by atoms with Gasteiger partial charge in [0.15, 0.2) is 0 Å². The number of halogens is 2. The third kappa shape index (κ3) is 3.72. The Labute approximate surface area is 150 Å². The first-order chi connectivity index (χ1) is 12.0. The minimum atomic E-state index is -0.276. The number of benzene rings is 2. The molecule has 1 aromatic heterocycles. The Bertz CT molecular complexity index is 919. The summed E-state index contributed by atoms with van der Waals surface area (Å²) in [6, 6.07) is 13.2. The average molecular weight is 358 g/mol. The number of carbonyl (C=O) groups excluding carboxylic acids is 1. The van der Waals surface area contributed by atoms with Crippen LogP contribution >= 0.6 is 11.6 Å². The van der Waals surface area contributed by atoms with E-state index in [4.69, 9.17) is 11.6 Å². The van der Waals surface area contributed by atoms with Crippen LogP contribution in [0.25, 0.3) is 0 Å². The molecule has 25 heavy (non-hydrogen) atoms. The second-order valence-corrected chi connectivity index (χ2v) is 6.19. The Balaban J connectivity index is 1.83. The lowest BCUT2D eigenvalue weighted by atomic mass is 10.2. The highest BCUT2D eigenvalue weighted by molar-refractivity contribution is 6.30. The maximum atomic E-state index is 13.9. The normalized spacial score (nSPS) is 10.7. The predicted octanol–water partition coefficient (Wildman–Crippen LogP) is 4.59. The van der Waals surface area contributed by atoms with Crippen molar-refractivity contribution in [3.05, 3.63) is 81.9 Å². The zero-order valence-electron chi connectivity index (χ0n) is 13.9. The first kappa shape index (κ1) is 17.2. The van der Waals surface area contributed by atoms with Gasteiger partial charge in [0.25, 0.3) is 5.91 Å². The molecule has 0 aliphatic rings. The van der Waals surface area contributed by atoms with Crippen molar-refractivity contribution < 1.29 is 9.18 Å². The van der Waals surface area contributed by atoms with Gasteiger partial charge in [-0.3, -0.25) is 9.48 Å². The molecular weight excluding hydrogens is 341 g/mol. The molecule has 0 aliphatic heterocycles. The van der Waals surface area contributed by atoms with Crippen LogP contribution in [0.2, 0.25) is 5.02 Å². The summed E-state index contributed by atoms with van der Waals surface area (Å²) in [4.78, 5) is 12.4. The van der Waals surface area contributed by atoms with E-state index in [-0.39, 0.29) is 11.7 Å². The molecule has 0 fully saturated rings. The van der Waals surface area contributed by atoms with Crippen LogP contribution in [0.5, 0.6) is 0 Å². The number of anilines is 1. The summed E-state index contributed by atoms with van der Waals surface area (Å²) < 4.78 is 15.5. The predicted molar refractivity (Wildman–Crippen MR) is 96.6 cm³/mol. The number of hydrogen-bond donors (Lipinski definition) is 1. The molecule has 0 unspecified atom stereocenters. The molecule has 0 aliphatic carbocycles. The molecule has 0 saturated carbocycles. The number of hydrogen-bond acceptors (Lipinski definition) is 2. The summed E-state index contributed by atoms with van der Waals surface area (Å²) in [5.41, 5.74) is 3.13. The molecule has 1 N–H and O–H groups in total. The van der Waals surface area contributed by atoms with Crippen molar-refractivity contribution in [3.8, 4) is 0 Å². The van der Waals surface area contributed by atoms with E-state index < -0.39 is 0 Å². The smallest absolute Gasteiger partial charge is 0.255 e. The Morgan fingerprint density at radius 2 is 1.84 bits per heavy atom. The van der Waals surface area contributed by atoms with Gasteiger partial charge in [0, 0.05) is 16.1 Å². The van der Waals surface area contributed by atoms with Crippen LogP contribution in [0, 0.1) is 19.7 Å². The summed E-state index contributed by atoms with van der Waals surface area (Å²) >= 11 is 5.84. The third-order valence-corrected chi connectivity index (χ3v) is 4.26. The molecule has 0 atom stereocenters. The van der Waals surface area contributed by atoms with Gasteiger partial charge in [0.1, 0.15) is 5.82 Å². The van der Waals surface area contributed by atoms with Gasteiger partial charge in [-0.25, -0.2) is 4.39 Å². The van der Waals surface area contributed by atoms with Crippen molar-refractivity contribution in [3.63, 3.8) is 0 Å². The van der Waals surface area contributed by atoms with Crippen LogP contribution < -0.4 is 5.32 Å². The van der Waals surface area contributed by atoms with Crippen molar-refractivity contribution in [2.45, 2.75) is 20.4 Å². The van der Waals surface area contributed by atoms with Crippen LogP contribution in [0.3, 0.4) is 0 Å². The number of rotatable bonds is 4. The fourth-order valence-electron chi connectivity index (χ4n) is 2.61. The van der Waals surface area contributed by atoms with Crippen LogP contribution in [-0.4, -0.2) is 15.7 Å². The Kier molecular flexibility index (Phi) is 4.86. The molecule has 0 saturated heterocycles. The number of aromatic nitrogens is 2. The highest BCUT2D eigenvalue weighted by atomic mass is 35.5. The highest BCUT2D eigenvalue weighted by Gasteiger charge is 2.16. The summed E-state index contributed by atoms with van der Waals surface area (Å²) in [5.74, 6) is -0.518. The lowest BCUT2D eigenvalue weighted by Gasteiger charge is -2.08. The van der Waals surface area contributed by atoms with Crippen molar-refractivity contribution in [1.82, 2.24) is 9.78 Å². The minimum absolute atomic E-state index is 0.242. The maximum absolute atomic E-state index is 13.9. The number of nitrogens with one attached hydrogen (secondary N) is 1. The van der Waals surface area contributed by atoms with E-state index >= 15 is 0 Å². The molecule has 1 heterocycles. The van der Waals surface area contributed by atoms with E-state index in [1.165, 1.54) is 6.07 Å². The van der Waals surface area contributed by atoms with Crippen molar-refractivity contribution in [2.24, 2.45) is 0 Å². The molecular formula is C19H17ClFN3O. The van der Waals surface area contributed by atoms with Gasteiger partial charge >= 0.3 is 0 Å². The van der Waals surface area contributed by atoms with E-state index in [9.17, 15) is 9.18 Å². The summed E-state index contributed by atoms with van der Waals surface area (Å²) in [7, 11) is 0. The highest BCUT2D eigenvalue weighted by Crippen LogP contribution is 2.22. The fourth-order valence-corrected chi connectivity index (χ4v) is 2.73. The molecule has 3 rings (SSSR count). The molecule has 0 spiro atoms. The first-order valence-corrected chi connectivity index (χ1v) is 8.18.